The number of para-hydroxylation sites is 1. The van der Waals surface area contributed by atoms with Crippen LogP contribution < -0.4 is 10.1 Å². The van der Waals surface area contributed by atoms with Crippen LogP contribution in [0.25, 0.3) is 0 Å². The molecule has 0 saturated carbocycles. The maximum absolute atomic E-state index is 13.3. The molecule has 0 aromatic heterocycles. The number of hydrogen-bond acceptors (Lipinski definition) is 2. The van der Waals surface area contributed by atoms with Crippen LogP contribution in [0.2, 0.25) is 0 Å². The van der Waals surface area contributed by atoms with Crippen molar-refractivity contribution in [2.45, 2.75) is 13.2 Å². The highest BCUT2D eigenvalue weighted by atomic mass is 79.9. The maximum atomic E-state index is 13.3. The van der Waals surface area contributed by atoms with Crippen LogP contribution in [0.3, 0.4) is 0 Å². The molecular weight excluding hydrogens is 397 g/mol. The standard InChI is InChI=1S/C21H17BrFNO2/c22-20-11-10-17(23)12-19(20)21(25)24-13-15-6-8-16(9-7-15)14-26-18-4-2-1-3-5-18/h1-12H,13-14H2,(H,24,25). The van der Waals surface area contributed by atoms with E-state index < -0.39 is 5.82 Å². The molecule has 0 aliphatic heterocycles. The summed E-state index contributed by atoms with van der Waals surface area (Å²) >= 11 is 3.26. The largest absolute Gasteiger partial charge is 0.489 e. The van der Waals surface area contributed by atoms with Crippen molar-refractivity contribution in [3.63, 3.8) is 0 Å². The number of carbonyl (C=O) groups is 1. The first kappa shape index (κ1) is 18.1. The van der Waals surface area contributed by atoms with E-state index in [0.29, 0.717) is 17.6 Å². The second kappa shape index (κ2) is 8.63. The van der Waals surface area contributed by atoms with Crippen molar-refractivity contribution in [1.82, 2.24) is 5.32 Å². The van der Waals surface area contributed by atoms with Gasteiger partial charge in [-0.1, -0.05) is 42.5 Å². The number of hydrogen-bond donors (Lipinski definition) is 1. The lowest BCUT2D eigenvalue weighted by atomic mass is 10.1. The van der Waals surface area contributed by atoms with E-state index in [2.05, 4.69) is 21.2 Å². The predicted octanol–water partition coefficient (Wildman–Crippen LogP) is 5.10. The summed E-state index contributed by atoms with van der Waals surface area (Å²) in [7, 11) is 0. The van der Waals surface area contributed by atoms with Crippen LogP contribution >= 0.6 is 15.9 Å². The Kier molecular flexibility index (Phi) is 6.02. The molecule has 0 atom stereocenters. The van der Waals surface area contributed by atoms with Crippen molar-refractivity contribution in [3.8, 4) is 5.75 Å². The zero-order valence-electron chi connectivity index (χ0n) is 13.9. The molecule has 3 nitrogen and oxygen atoms in total. The van der Waals surface area contributed by atoms with Crippen molar-refractivity contribution in [2.24, 2.45) is 0 Å². The second-order valence-corrected chi connectivity index (χ2v) is 6.58. The van der Waals surface area contributed by atoms with Gasteiger partial charge in [0.1, 0.15) is 18.2 Å². The third-order valence-corrected chi connectivity index (χ3v) is 4.49. The van der Waals surface area contributed by atoms with Crippen LogP contribution in [0.4, 0.5) is 4.39 Å². The number of halogens is 2. The number of benzene rings is 3. The van der Waals surface area contributed by atoms with Crippen LogP contribution in [-0.4, -0.2) is 5.91 Å². The van der Waals surface area contributed by atoms with Crippen molar-refractivity contribution >= 4 is 21.8 Å². The fourth-order valence-electron chi connectivity index (χ4n) is 2.39. The average molecular weight is 414 g/mol. The summed E-state index contributed by atoms with van der Waals surface area (Å²) in [5, 5.41) is 2.79. The zero-order chi connectivity index (χ0) is 18.4. The molecule has 0 heterocycles. The minimum atomic E-state index is -0.443. The Labute approximate surface area is 159 Å². The predicted molar refractivity (Wildman–Crippen MR) is 102 cm³/mol. The van der Waals surface area contributed by atoms with Gasteiger partial charge in [0.05, 0.1) is 5.56 Å². The van der Waals surface area contributed by atoms with E-state index in [1.54, 1.807) is 0 Å². The number of rotatable bonds is 6. The van der Waals surface area contributed by atoms with Crippen molar-refractivity contribution in [3.05, 3.63) is 99.8 Å². The Hall–Kier alpha value is -2.66. The Bertz CT molecular complexity index is 882. The fraction of sp³-hybridized carbons (Fsp3) is 0.0952. The molecule has 26 heavy (non-hydrogen) atoms. The highest BCUT2D eigenvalue weighted by Crippen LogP contribution is 2.18. The average Bonchev–Trinajstić information content (AvgIpc) is 2.68. The molecule has 0 spiro atoms. The second-order valence-electron chi connectivity index (χ2n) is 5.73. The zero-order valence-corrected chi connectivity index (χ0v) is 15.5. The summed E-state index contributed by atoms with van der Waals surface area (Å²) in [5.41, 5.74) is 2.27. The number of carbonyl (C=O) groups excluding carboxylic acids is 1. The van der Waals surface area contributed by atoms with E-state index in [-0.39, 0.29) is 11.5 Å². The van der Waals surface area contributed by atoms with E-state index in [1.165, 1.54) is 18.2 Å². The Morgan fingerprint density at radius 1 is 0.962 bits per heavy atom. The van der Waals surface area contributed by atoms with Crippen LogP contribution in [0.5, 0.6) is 5.75 Å². The van der Waals surface area contributed by atoms with E-state index in [0.717, 1.165) is 16.9 Å². The van der Waals surface area contributed by atoms with Gasteiger partial charge < -0.3 is 10.1 Å². The minimum Gasteiger partial charge on any atom is -0.489 e. The van der Waals surface area contributed by atoms with Crippen molar-refractivity contribution in [2.75, 3.05) is 0 Å². The molecule has 132 valence electrons. The monoisotopic (exact) mass is 413 g/mol. The molecule has 3 rings (SSSR count). The Morgan fingerprint density at radius 2 is 1.65 bits per heavy atom. The quantitative estimate of drug-likeness (QED) is 0.610. The lowest BCUT2D eigenvalue weighted by Crippen LogP contribution is -2.23. The minimum absolute atomic E-state index is 0.276. The van der Waals surface area contributed by atoms with Gasteiger partial charge in [0.15, 0.2) is 0 Å². The van der Waals surface area contributed by atoms with Gasteiger partial charge in [-0.3, -0.25) is 4.79 Å². The molecule has 0 aliphatic rings. The van der Waals surface area contributed by atoms with Crippen LogP contribution in [0.1, 0.15) is 21.5 Å². The summed E-state index contributed by atoms with van der Waals surface area (Å²) < 4.78 is 19.6. The molecule has 3 aromatic carbocycles. The lowest BCUT2D eigenvalue weighted by Gasteiger charge is -2.09. The van der Waals surface area contributed by atoms with Gasteiger partial charge in [0, 0.05) is 11.0 Å². The van der Waals surface area contributed by atoms with Gasteiger partial charge in [-0.15, -0.1) is 0 Å². The van der Waals surface area contributed by atoms with Gasteiger partial charge in [-0.2, -0.15) is 0 Å². The van der Waals surface area contributed by atoms with Crippen LogP contribution in [-0.2, 0) is 13.2 Å². The molecule has 0 bridgehead atoms. The van der Waals surface area contributed by atoms with Crippen LogP contribution in [0, 0.1) is 5.82 Å². The molecule has 0 fully saturated rings. The number of amides is 1. The van der Waals surface area contributed by atoms with Crippen LogP contribution in [0.15, 0.2) is 77.3 Å². The summed E-state index contributed by atoms with van der Waals surface area (Å²) in [6.45, 7) is 0.842. The topological polar surface area (TPSA) is 38.3 Å². The number of nitrogens with one attached hydrogen (secondary N) is 1. The normalized spacial score (nSPS) is 10.4. The summed E-state index contributed by atoms with van der Waals surface area (Å²) in [6, 6.07) is 21.4. The van der Waals surface area contributed by atoms with E-state index >= 15 is 0 Å². The molecule has 3 aromatic rings. The highest BCUT2D eigenvalue weighted by molar-refractivity contribution is 9.10. The molecule has 0 unspecified atom stereocenters. The van der Waals surface area contributed by atoms with Gasteiger partial charge in [0.25, 0.3) is 5.91 Å². The van der Waals surface area contributed by atoms with Gasteiger partial charge in [0.2, 0.25) is 0 Å². The lowest BCUT2D eigenvalue weighted by molar-refractivity contribution is 0.0949. The summed E-state index contributed by atoms with van der Waals surface area (Å²) in [4.78, 5) is 12.2. The SMILES string of the molecule is O=C(NCc1ccc(COc2ccccc2)cc1)c1cc(F)ccc1Br. The van der Waals surface area contributed by atoms with Crippen molar-refractivity contribution in [1.29, 1.82) is 0 Å². The molecule has 1 amide bonds. The maximum Gasteiger partial charge on any atom is 0.252 e. The van der Waals surface area contributed by atoms with E-state index in [9.17, 15) is 9.18 Å². The third-order valence-electron chi connectivity index (χ3n) is 3.80. The first-order chi connectivity index (χ1) is 12.6. The third kappa shape index (κ3) is 4.92. The van der Waals surface area contributed by atoms with Crippen molar-refractivity contribution < 1.29 is 13.9 Å². The number of ether oxygens (including phenoxy) is 1. The molecule has 0 radical (unpaired) electrons. The molecule has 0 aliphatic carbocycles. The molecule has 0 saturated heterocycles. The fourth-order valence-corrected chi connectivity index (χ4v) is 2.81. The summed E-state index contributed by atoms with van der Waals surface area (Å²) in [6.07, 6.45) is 0. The highest BCUT2D eigenvalue weighted by Gasteiger charge is 2.10. The summed E-state index contributed by atoms with van der Waals surface area (Å²) in [5.74, 6) is 0.0542. The molecular formula is C21H17BrFNO2. The van der Waals surface area contributed by atoms with Gasteiger partial charge >= 0.3 is 0 Å². The van der Waals surface area contributed by atoms with Gasteiger partial charge in [-0.05, 0) is 57.4 Å². The van der Waals surface area contributed by atoms with E-state index in [4.69, 9.17) is 4.74 Å². The first-order valence-electron chi connectivity index (χ1n) is 8.11. The molecule has 1 N–H and O–H groups in total. The van der Waals surface area contributed by atoms with Gasteiger partial charge in [-0.25, -0.2) is 4.39 Å². The smallest absolute Gasteiger partial charge is 0.252 e. The first-order valence-corrected chi connectivity index (χ1v) is 8.90. The van der Waals surface area contributed by atoms with E-state index in [1.807, 2.05) is 54.6 Å². The Morgan fingerprint density at radius 3 is 2.38 bits per heavy atom. The molecule has 5 heteroatoms. The Balaban J connectivity index is 1.54.